The van der Waals surface area contributed by atoms with Crippen LogP contribution >= 0.6 is 12.4 Å². The van der Waals surface area contributed by atoms with E-state index in [1.165, 1.54) is 18.2 Å². The quantitative estimate of drug-likeness (QED) is 0.717. The molecule has 0 bridgehead atoms. The zero-order chi connectivity index (χ0) is 17.2. The second-order valence-corrected chi connectivity index (χ2v) is 4.98. The largest absolute Gasteiger partial charge is 0.346 e. The molecule has 1 amide bonds. The number of H-pyrrole nitrogens is 1. The molecule has 7 nitrogen and oxygen atoms in total. The Morgan fingerprint density at radius 3 is 2.62 bits per heavy atom. The molecule has 0 spiro atoms. The summed E-state index contributed by atoms with van der Waals surface area (Å²) in [5.74, 6) is -3.95. The Balaban J connectivity index is 0.00000288. The van der Waals surface area contributed by atoms with Gasteiger partial charge in [-0.05, 0) is 25.1 Å². The van der Waals surface area contributed by atoms with Crippen LogP contribution in [0.4, 0.5) is 8.78 Å². The molecule has 0 aliphatic rings. The first-order valence-corrected chi connectivity index (χ1v) is 6.92. The summed E-state index contributed by atoms with van der Waals surface area (Å²) in [6.07, 6.45) is 0. The second-order valence-electron chi connectivity index (χ2n) is 4.98. The summed E-state index contributed by atoms with van der Waals surface area (Å²) in [6, 6.07) is 3.97. The Morgan fingerprint density at radius 1 is 1.38 bits per heavy atom. The van der Waals surface area contributed by atoms with Crippen LogP contribution in [0.3, 0.4) is 0 Å². The van der Waals surface area contributed by atoms with Gasteiger partial charge in [-0.2, -0.15) is 0 Å². The highest BCUT2D eigenvalue weighted by molar-refractivity contribution is 5.97. The van der Waals surface area contributed by atoms with E-state index in [-0.39, 0.29) is 35.4 Å². The molecule has 0 radical (unpaired) electrons. The van der Waals surface area contributed by atoms with Crippen molar-refractivity contribution in [2.75, 3.05) is 13.1 Å². The highest BCUT2D eigenvalue weighted by Crippen LogP contribution is 2.11. The normalized spacial score (nSPS) is 11.2. The van der Waals surface area contributed by atoms with E-state index >= 15 is 0 Å². The van der Waals surface area contributed by atoms with Gasteiger partial charge in [-0.1, -0.05) is 0 Å². The van der Waals surface area contributed by atoms with Gasteiger partial charge in [-0.3, -0.25) is 14.2 Å². The van der Waals surface area contributed by atoms with Crippen LogP contribution in [-0.2, 0) is 6.54 Å². The number of nitrogens with one attached hydrogen (secondary N) is 2. The molecule has 0 atom stereocenters. The molecule has 0 unspecified atom stereocenters. The van der Waals surface area contributed by atoms with Crippen molar-refractivity contribution in [2.45, 2.75) is 19.4 Å². The van der Waals surface area contributed by atoms with E-state index in [4.69, 9.17) is 5.73 Å². The fraction of sp³-hybridized carbons (Fsp3) is 0.357. The molecule has 1 aromatic heterocycles. The minimum atomic E-state index is -3.20. The maximum atomic E-state index is 13.0. The van der Waals surface area contributed by atoms with Gasteiger partial charge in [0.25, 0.3) is 17.4 Å². The lowest BCUT2D eigenvalue weighted by molar-refractivity contribution is 0.0118. The van der Waals surface area contributed by atoms with E-state index < -0.39 is 36.2 Å². The highest BCUT2D eigenvalue weighted by Gasteiger charge is 2.27. The first-order chi connectivity index (χ1) is 10.8. The number of fused-ring (bicyclic) bond motifs is 1. The molecule has 4 N–H and O–H groups in total. The number of hydrogen-bond acceptors (Lipinski definition) is 4. The molecule has 0 saturated heterocycles. The van der Waals surface area contributed by atoms with Gasteiger partial charge >= 0.3 is 5.69 Å². The summed E-state index contributed by atoms with van der Waals surface area (Å²) in [5, 5.41) is 2.29. The summed E-state index contributed by atoms with van der Waals surface area (Å²) >= 11 is 0. The van der Waals surface area contributed by atoms with Gasteiger partial charge in [0, 0.05) is 12.1 Å². The number of alkyl halides is 2. The third-order valence-corrected chi connectivity index (χ3v) is 3.37. The van der Waals surface area contributed by atoms with Crippen LogP contribution in [0.1, 0.15) is 17.3 Å². The van der Waals surface area contributed by atoms with E-state index in [1.807, 2.05) is 0 Å². The van der Waals surface area contributed by atoms with Gasteiger partial charge in [0.1, 0.15) is 0 Å². The van der Waals surface area contributed by atoms with Crippen molar-refractivity contribution >= 4 is 29.2 Å². The van der Waals surface area contributed by atoms with Gasteiger partial charge in [0.05, 0.1) is 24.0 Å². The summed E-state index contributed by atoms with van der Waals surface area (Å²) < 4.78 is 27.1. The van der Waals surface area contributed by atoms with Crippen molar-refractivity contribution in [1.82, 2.24) is 14.9 Å². The van der Waals surface area contributed by atoms with Crippen LogP contribution in [0.15, 0.2) is 27.8 Å². The molecule has 2 aromatic rings. The lowest BCUT2D eigenvalue weighted by atomic mass is 10.1. The number of aromatic amines is 1. The average molecular weight is 363 g/mol. The fourth-order valence-corrected chi connectivity index (χ4v) is 2.07. The molecular weight excluding hydrogens is 346 g/mol. The molecule has 10 heteroatoms. The van der Waals surface area contributed by atoms with E-state index in [0.717, 1.165) is 4.57 Å². The topological polar surface area (TPSA) is 110 Å². The molecular formula is C14H17ClF2N4O3. The van der Waals surface area contributed by atoms with Crippen LogP contribution in [0.5, 0.6) is 0 Å². The van der Waals surface area contributed by atoms with Crippen molar-refractivity contribution in [3.63, 3.8) is 0 Å². The number of aromatic nitrogens is 2. The Hall–Kier alpha value is -2.26. The van der Waals surface area contributed by atoms with Gasteiger partial charge in [0.15, 0.2) is 0 Å². The van der Waals surface area contributed by atoms with Crippen LogP contribution in [0.25, 0.3) is 10.9 Å². The van der Waals surface area contributed by atoms with Gasteiger partial charge in [-0.25, -0.2) is 13.6 Å². The van der Waals surface area contributed by atoms with Crippen molar-refractivity contribution in [1.29, 1.82) is 0 Å². The third kappa shape index (κ3) is 3.98. The summed E-state index contributed by atoms with van der Waals surface area (Å²) in [5.41, 5.74) is 4.03. The number of hydrogen-bond donors (Lipinski definition) is 3. The van der Waals surface area contributed by atoms with Crippen LogP contribution in [0.2, 0.25) is 0 Å². The standard InChI is InChI=1S/C14H16F2N4O3.ClH/c1-2-20-12(22)9-4-3-8(5-10(9)19-13(20)23)11(21)18-7-14(15,16)6-17;/h3-5H,2,6-7,17H2,1H3,(H,18,21)(H,19,23);1H. The van der Waals surface area contributed by atoms with E-state index in [9.17, 15) is 23.2 Å². The zero-order valence-corrected chi connectivity index (χ0v) is 13.6. The number of carbonyl (C=O) groups is 1. The number of amides is 1. The Morgan fingerprint density at radius 2 is 2.04 bits per heavy atom. The SMILES string of the molecule is CCn1c(=O)[nH]c2cc(C(=O)NCC(F)(F)CN)ccc2c1=O.Cl. The van der Waals surface area contributed by atoms with Crippen LogP contribution in [0, 0.1) is 0 Å². The number of rotatable bonds is 5. The molecule has 0 aliphatic carbocycles. The van der Waals surface area contributed by atoms with Gasteiger partial charge < -0.3 is 16.0 Å². The summed E-state index contributed by atoms with van der Waals surface area (Å²) in [7, 11) is 0. The molecule has 0 saturated carbocycles. The maximum Gasteiger partial charge on any atom is 0.328 e. The predicted molar refractivity (Wildman–Crippen MR) is 88.1 cm³/mol. The smallest absolute Gasteiger partial charge is 0.328 e. The van der Waals surface area contributed by atoms with Crippen molar-refractivity contribution in [2.24, 2.45) is 5.73 Å². The Kier molecular flexibility index (Phi) is 6.22. The fourth-order valence-electron chi connectivity index (χ4n) is 2.07. The molecule has 1 heterocycles. The first-order valence-electron chi connectivity index (χ1n) is 6.92. The van der Waals surface area contributed by atoms with Crippen molar-refractivity contribution in [3.8, 4) is 0 Å². The van der Waals surface area contributed by atoms with Crippen molar-refractivity contribution < 1.29 is 13.6 Å². The Bertz CT molecular complexity index is 863. The van der Waals surface area contributed by atoms with Gasteiger partial charge in [0.2, 0.25) is 0 Å². The third-order valence-electron chi connectivity index (χ3n) is 3.37. The zero-order valence-electron chi connectivity index (χ0n) is 12.8. The predicted octanol–water partition coefficient (Wildman–Crippen LogP) is 0.455. The number of nitrogens with zero attached hydrogens (tertiary/aromatic N) is 1. The lowest BCUT2D eigenvalue weighted by Crippen LogP contribution is -2.41. The van der Waals surface area contributed by atoms with Crippen molar-refractivity contribution in [3.05, 3.63) is 44.6 Å². The second kappa shape index (κ2) is 7.54. The molecule has 0 aliphatic heterocycles. The molecule has 24 heavy (non-hydrogen) atoms. The summed E-state index contributed by atoms with van der Waals surface area (Å²) in [4.78, 5) is 38.2. The molecule has 0 fully saturated rings. The highest BCUT2D eigenvalue weighted by atomic mass is 35.5. The Labute approximate surface area is 141 Å². The maximum absolute atomic E-state index is 13.0. The lowest BCUT2D eigenvalue weighted by Gasteiger charge is -2.14. The minimum Gasteiger partial charge on any atom is -0.346 e. The molecule has 2 rings (SSSR count). The number of carbonyl (C=O) groups excluding carboxylic acids is 1. The van der Waals surface area contributed by atoms with E-state index in [0.29, 0.717) is 0 Å². The van der Waals surface area contributed by atoms with E-state index in [1.54, 1.807) is 6.92 Å². The van der Waals surface area contributed by atoms with Gasteiger partial charge in [-0.15, -0.1) is 12.4 Å². The minimum absolute atomic E-state index is 0. The number of halogens is 3. The summed E-state index contributed by atoms with van der Waals surface area (Å²) in [6.45, 7) is 0.0889. The monoisotopic (exact) mass is 362 g/mol. The van der Waals surface area contributed by atoms with Crippen LogP contribution in [-0.4, -0.2) is 34.5 Å². The number of benzene rings is 1. The average Bonchev–Trinajstić information content (AvgIpc) is 2.52. The van der Waals surface area contributed by atoms with E-state index in [2.05, 4.69) is 10.3 Å². The number of nitrogens with two attached hydrogens (primary N) is 1. The molecule has 1 aromatic carbocycles. The van der Waals surface area contributed by atoms with Crippen LogP contribution < -0.4 is 22.3 Å². The first kappa shape index (κ1) is 19.8. The molecule has 132 valence electrons.